The summed E-state index contributed by atoms with van der Waals surface area (Å²) in [5.74, 6) is 4.69. The fraction of sp³-hybridized carbons (Fsp3) is 0. The van der Waals surface area contributed by atoms with Gasteiger partial charge in [-0.15, -0.1) is 0 Å². The van der Waals surface area contributed by atoms with E-state index in [-0.39, 0.29) is 11.8 Å². The maximum atomic E-state index is 13.3. The van der Waals surface area contributed by atoms with Gasteiger partial charge >= 0.3 is 0 Å². The van der Waals surface area contributed by atoms with Crippen LogP contribution in [0.25, 0.3) is 5.82 Å². The Hall–Kier alpha value is -1.54. The lowest BCUT2D eigenvalue weighted by atomic mass is 10.5. The molecule has 0 saturated heterocycles. The number of nitrogen functional groups attached to an aromatic ring is 1. The Morgan fingerprint density at radius 3 is 2.87 bits per heavy atom. The summed E-state index contributed by atoms with van der Waals surface area (Å²) in [5, 5.41) is 3.89. The molecule has 0 aliphatic carbocycles. The maximum absolute atomic E-state index is 13.3. The molecule has 0 bridgehead atoms. The zero-order chi connectivity index (χ0) is 10.8. The van der Waals surface area contributed by atoms with Gasteiger partial charge in [0.15, 0.2) is 11.6 Å². The van der Waals surface area contributed by atoms with Gasteiger partial charge in [-0.2, -0.15) is 10.1 Å². The fourth-order valence-electron chi connectivity index (χ4n) is 1.01. The van der Waals surface area contributed by atoms with E-state index in [9.17, 15) is 4.39 Å². The first kappa shape index (κ1) is 9.99. The van der Waals surface area contributed by atoms with Gasteiger partial charge in [0.1, 0.15) is 0 Å². The van der Waals surface area contributed by atoms with Crippen LogP contribution in [-0.4, -0.2) is 19.7 Å². The van der Waals surface area contributed by atoms with E-state index in [1.54, 1.807) is 6.20 Å². The van der Waals surface area contributed by atoms with Crippen LogP contribution in [0.15, 0.2) is 23.1 Å². The highest BCUT2D eigenvalue weighted by molar-refractivity contribution is 9.10. The minimum atomic E-state index is -0.579. The molecule has 0 atom stereocenters. The lowest BCUT2D eigenvalue weighted by molar-refractivity contribution is 0.593. The molecule has 0 aliphatic heterocycles. The van der Waals surface area contributed by atoms with Crippen molar-refractivity contribution in [1.29, 1.82) is 0 Å². The second-order valence-corrected chi connectivity index (χ2v) is 3.53. The summed E-state index contributed by atoms with van der Waals surface area (Å²) in [6.07, 6.45) is 4.12. The minimum absolute atomic E-state index is 0.0312. The van der Waals surface area contributed by atoms with Gasteiger partial charge < -0.3 is 0 Å². The molecule has 2 rings (SSSR count). The van der Waals surface area contributed by atoms with Crippen LogP contribution >= 0.6 is 15.9 Å². The second kappa shape index (κ2) is 3.91. The first-order chi connectivity index (χ1) is 7.20. The first-order valence-electron chi connectivity index (χ1n) is 3.90. The van der Waals surface area contributed by atoms with E-state index in [1.807, 2.05) is 0 Å². The van der Waals surface area contributed by atoms with Crippen LogP contribution in [0.2, 0.25) is 0 Å². The summed E-state index contributed by atoms with van der Waals surface area (Å²) < 4.78 is 15.3. The molecule has 78 valence electrons. The first-order valence-corrected chi connectivity index (χ1v) is 4.69. The summed E-state index contributed by atoms with van der Waals surface area (Å²) in [5.41, 5.74) is 2.23. The van der Waals surface area contributed by atoms with Crippen molar-refractivity contribution in [3.63, 3.8) is 0 Å². The van der Waals surface area contributed by atoms with Crippen molar-refractivity contribution in [3.8, 4) is 5.82 Å². The number of nitrogens with zero attached hydrogens (tertiary/aromatic N) is 4. The van der Waals surface area contributed by atoms with Crippen LogP contribution in [0, 0.1) is 5.82 Å². The molecule has 3 N–H and O–H groups in total. The number of hydrogen-bond donors (Lipinski definition) is 2. The van der Waals surface area contributed by atoms with E-state index in [1.165, 1.54) is 10.9 Å². The summed E-state index contributed by atoms with van der Waals surface area (Å²) in [4.78, 5) is 7.45. The van der Waals surface area contributed by atoms with Crippen LogP contribution in [0.4, 0.5) is 10.3 Å². The standard InChI is InChI=1S/C7H6BrFN6/c8-4-1-12-15(3-4)6-5(9)2-11-7(13-6)14-10/h1-3H,10H2,(H,11,13,14). The molecule has 6 nitrogen and oxygen atoms in total. The smallest absolute Gasteiger partial charge is 0.239 e. The third-order valence-electron chi connectivity index (χ3n) is 1.62. The lowest BCUT2D eigenvalue weighted by Gasteiger charge is -2.03. The zero-order valence-electron chi connectivity index (χ0n) is 7.35. The van der Waals surface area contributed by atoms with Gasteiger partial charge in [0.05, 0.1) is 16.9 Å². The highest BCUT2D eigenvalue weighted by Crippen LogP contribution is 2.14. The van der Waals surface area contributed by atoms with Crippen molar-refractivity contribution < 1.29 is 4.39 Å². The number of aromatic nitrogens is 4. The summed E-state index contributed by atoms with van der Waals surface area (Å²) in [6, 6.07) is 0. The van der Waals surface area contributed by atoms with Crippen molar-refractivity contribution in [2.24, 2.45) is 5.84 Å². The summed E-state index contributed by atoms with van der Waals surface area (Å²) in [6.45, 7) is 0. The maximum Gasteiger partial charge on any atom is 0.239 e. The molecular formula is C7H6BrFN6. The fourth-order valence-corrected chi connectivity index (χ4v) is 1.29. The van der Waals surface area contributed by atoms with Crippen molar-refractivity contribution in [2.75, 3.05) is 5.43 Å². The Kier molecular flexibility index (Phi) is 2.60. The normalized spacial score (nSPS) is 10.3. The number of anilines is 1. The Balaban J connectivity index is 2.51. The molecule has 2 aromatic rings. The molecule has 0 amide bonds. The highest BCUT2D eigenvalue weighted by atomic mass is 79.9. The molecule has 0 spiro atoms. The topological polar surface area (TPSA) is 81.6 Å². The Bertz CT molecular complexity index is 484. The molecule has 0 unspecified atom stereocenters. The Morgan fingerprint density at radius 2 is 2.27 bits per heavy atom. The average molecular weight is 273 g/mol. The van der Waals surface area contributed by atoms with Gasteiger partial charge in [-0.1, -0.05) is 0 Å². The highest BCUT2D eigenvalue weighted by Gasteiger charge is 2.09. The molecule has 0 aromatic carbocycles. The van der Waals surface area contributed by atoms with Gasteiger partial charge in [-0.05, 0) is 15.9 Å². The molecule has 0 fully saturated rings. The summed E-state index contributed by atoms with van der Waals surface area (Å²) in [7, 11) is 0. The van der Waals surface area contributed by atoms with Crippen LogP contribution < -0.4 is 11.3 Å². The van der Waals surface area contributed by atoms with Crippen LogP contribution in [-0.2, 0) is 0 Å². The van der Waals surface area contributed by atoms with Crippen molar-refractivity contribution >= 4 is 21.9 Å². The molecule has 8 heteroatoms. The third-order valence-corrected chi connectivity index (χ3v) is 2.03. The molecule has 0 aliphatic rings. The predicted molar refractivity (Wildman–Crippen MR) is 54.6 cm³/mol. The van der Waals surface area contributed by atoms with E-state index in [4.69, 9.17) is 5.84 Å². The molecule has 2 aromatic heterocycles. The quantitative estimate of drug-likeness (QED) is 0.626. The number of hydrogen-bond acceptors (Lipinski definition) is 5. The largest absolute Gasteiger partial charge is 0.292 e. The van der Waals surface area contributed by atoms with Crippen LogP contribution in [0.1, 0.15) is 0 Å². The molecule has 0 radical (unpaired) electrons. The number of rotatable bonds is 2. The Labute approximate surface area is 92.4 Å². The van der Waals surface area contributed by atoms with E-state index >= 15 is 0 Å². The van der Waals surface area contributed by atoms with E-state index < -0.39 is 5.82 Å². The second-order valence-electron chi connectivity index (χ2n) is 2.61. The van der Waals surface area contributed by atoms with Crippen LogP contribution in [0.3, 0.4) is 0 Å². The molecular weight excluding hydrogens is 267 g/mol. The number of hydrazine groups is 1. The average Bonchev–Trinajstić information content (AvgIpc) is 2.65. The minimum Gasteiger partial charge on any atom is -0.292 e. The third kappa shape index (κ3) is 1.95. The predicted octanol–water partition coefficient (Wildman–Crippen LogP) is 0.849. The lowest BCUT2D eigenvalue weighted by Crippen LogP contribution is -2.13. The van der Waals surface area contributed by atoms with Gasteiger partial charge in [-0.25, -0.2) is 19.9 Å². The number of halogens is 2. The SMILES string of the molecule is NNc1ncc(F)c(-n2cc(Br)cn2)n1. The summed E-state index contributed by atoms with van der Waals surface area (Å²) >= 11 is 3.20. The van der Waals surface area contributed by atoms with Crippen LogP contribution in [0.5, 0.6) is 0 Å². The van der Waals surface area contributed by atoms with E-state index in [0.717, 1.165) is 10.7 Å². The van der Waals surface area contributed by atoms with Gasteiger partial charge in [0.2, 0.25) is 5.95 Å². The number of nitrogens with two attached hydrogens (primary N) is 1. The van der Waals surface area contributed by atoms with E-state index in [2.05, 4.69) is 36.4 Å². The van der Waals surface area contributed by atoms with Crippen molar-refractivity contribution in [3.05, 3.63) is 28.9 Å². The zero-order valence-corrected chi connectivity index (χ0v) is 8.94. The molecule has 2 heterocycles. The van der Waals surface area contributed by atoms with Crippen molar-refractivity contribution in [2.45, 2.75) is 0 Å². The monoisotopic (exact) mass is 272 g/mol. The van der Waals surface area contributed by atoms with Gasteiger partial charge in [-0.3, -0.25) is 5.43 Å². The molecule has 15 heavy (non-hydrogen) atoms. The van der Waals surface area contributed by atoms with Gasteiger partial charge in [0.25, 0.3) is 0 Å². The molecule has 0 saturated carbocycles. The Morgan fingerprint density at radius 1 is 1.47 bits per heavy atom. The van der Waals surface area contributed by atoms with E-state index in [0.29, 0.717) is 0 Å². The van der Waals surface area contributed by atoms with Crippen molar-refractivity contribution in [1.82, 2.24) is 19.7 Å². The number of nitrogens with one attached hydrogen (secondary N) is 1. The van der Waals surface area contributed by atoms with Gasteiger partial charge in [0, 0.05) is 6.20 Å².